The van der Waals surface area contributed by atoms with Gasteiger partial charge in [0.15, 0.2) is 11.4 Å². The molecule has 0 atom stereocenters. The fourth-order valence-corrected chi connectivity index (χ4v) is 4.07. The molecule has 0 radical (unpaired) electrons. The number of nitrogens with zero attached hydrogens (tertiary/aromatic N) is 3. The number of amides is 3. The molecule has 0 fully saturated rings. The molecule has 1 aromatic carbocycles. The van der Waals surface area contributed by atoms with Gasteiger partial charge in [-0.2, -0.15) is 0 Å². The zero-order valence-electron chi connectivity index (χ0n) is 19.8. The normalized spacial score (nSPS) is 18.3. The van der Waals surface area contributed by atoms with Crippen LogP contribution in [0.25, 0.3) is 0 Å². The Morgan fingerprint density at radius 3 is 2.67 bits per heavy atom. The van der Waals surface area contributed by atoms with Crippen LogP contribution in [0.5, 0.6) is 11.5 Å². The Bertz CT molecular complexity index is 1290. The van der Waals surface area contributed by atoms with Gasteiger partial charge in [-0.3, -0.25) is 19.2 Å². The number of hydrogen-bond acceptors (Lipinski definition) is 6. The third-order valence-electron chi connectivity index (χ3n) is 6.04. The van der Waals surface area contributed by atoms with Crippen molar-refractivity contribution in [2.24, 2.45) is 0 Å². The van der Waals surface area contributed by atoms with Crippen LogP contribution in [0.3, 0.4) is 0 Å². The van der Waals surface area contributed by atoms with Gasteiger partial charge in [-0.1, -0.05) is 18.2 Å². The number of halogens is 1. The maximum atomic E-state index is 13.8. The molecule has 10 nitrogen and oxygen atoms in total. The lowest BCUT2D eigenvalue weighted by Crippen LogP contribution is -2.55. The number of rotatable bonds is 0. The van der Waals surface area contributed by atoms with Gasteiger partial charge in [0.05, 0.1) is 6.61 Å². The maximum Gasteiger partial charge on any atom is 0.277 e. The largest absolute Gasteiger partial charge is 0.502 e. The van der Waals surface area contributed by atoms with Crippen LogP contribution in [-0.4, -0.2) is 52.7 Å². The number of allylic oxidation sites excluding steroid dienone is 1. The van der Waals surface area contributed by atoms with Crippen molar-refractivity contribution in [3.8, 4) is 11.5 Å². The quantitative estimate of drug-likeness (QED) is 0.536. The summed E-state index contributed by atoms with van der Waals surface area (Å²) in [5.74, 6) is -2.96. The number of nitrogens with one attached hydrogen (secondary N) is 1. The molecular weight excluding hydrogens is 471 g/mol. The highest BCUT2D eigenvalue weighted by Crippen LogP contribution is 2.23. The van der Waals surface area contributed by atoms with E-state index in [1.54, 1.807) is 0 Å². The van der Waals surface area contributed by atoms with E-state index in [4.69, 9.17) is 4.74 Å². The van der Waals surface area contributed by atoms with Gasteiger partial charge >= 0.3 is 0 Å². The second kappa shape index (κ2) is 10.6. The molecule has 2 bridgehead atoms. The van der Waals surface area contributed by atoms with Gasteiger partial charge in [-0.25, -0.2) is 14.1 Å². The van der Waals surface area contributed by atoms with Crippen LogP contribution in [0.4, 0.5) is 4.39 Å². The molecular formula is C25H27FN4O6. The number of fused-ring (bicyclic) bond motifs is 2. The van der Waals surface area contributed by atoms with E-state index in [0.717, 1.165) is 23.7 Å². The van der Waals surface area contributed by atoms with Crippen molar-refractivity contribution in [1.82, 2.24) is 14.9 Å². The summed E-state index contributed by atoms with van der Waals surface area (Å²) in [5.41, 5.74) is -1.38. The molecule has 3 heterocycles. The van der Waals surface area contributed by atoms with Gasteiger partial charge in [0.1, 0.15) is 23.8 Å². The SMILES string of the molecule is CN1CN2C(=O)CCCC/C=C/CCOc3cc(F)ccc3CNC(=O)c3cn2c(c(O)c3=O)C1=O. The first-order valence-electron chi connectivity index (χ1n) is 11.7. The fourth-order valence-electron chi connectivity index (χ4n) is 4.07. The van der Waals surface area contributed by atoms with E-state index in [9.17, 15) is 28.7 Å². The number of hydrogen-bond donors (Lipinski definition) is 2. The van der Waals surface area contributed by atoms with Gasteiger partial charge in [-0.05, 0) is 31.7 Å². The van der Waals surface area contributed by atoms with E-state index in [2.05, 4.69) is 5.32 Å². The Balaban J connectivity index is 1.73. The summed E-state index contributed by atoms with van der Waals surface area (Å²) in [4.78, 5) is 52.7. The number of aromatic hydroxyl groups is 1. The second-order valence-corrected chi connectivity index (χ2v) is 8.64. The van der Waals surface area contributed by atoms with Crippen LogP contribution in [0.1, 0.15) is 58.5 Å². The highest BCUT2D eigenvalue weighted by Gasteiger charge is 2.35. The lowest BCUT2D eigenvalue weighted by Gasteiger charge is -2.36. The third kappa shape index (κ3) is 5.09. The molecule has 2 aliphatic heterocycles. The van der Waals surface area contributed by atoms with E-state index in [1.165, 1.54) is 35.2 Å². The monoisotopic (exact) mass is 498 g/mol. The molecule has 0 saturated carbocycles. The second-order valence-electron chi connectivity index (χ2n) is 8.64. The number of carbonyl (C=O) groups is 3. The Hall–Kier alpha value is -4.15. The molecule has 0 saturated heterocycles. The Morgan fingerprint density at radius 2 is 1.86 bits per heavy atom. The minimum atomic E-state index is -1.04. The molecule has 3 amide bonds. The fraction of sp³-hybridized carbons (Fsp3) is 0.360. The molecule has 4 rings (SSSR count). The molecule has 0 unspecified atom stereocenters. The highest BCUT2D eigenvalue weighted by molar-refractivity contribution is 6.01. The van der Waals surface area contributed by atoms with Crippen LogP contribution < -0.4 is 20.5 Å². The minimum Gasteiger partial charge on any atom is -0.502 e. The predicted octanol–water partition coefficient (Wildman–Crippen LogP) is 2.03. The van der Waals surface area contributed by atoms with E-state index in [0.29, 0.717) is 25.0 Å². The van der Waals surface area contributed by atoms with Crippen LogP contribution in [-0.2, 0) is 11.3 Å². The predicted molar refractivity (Wildman–Crippen MR) is 128 cm³/mol. The Labute approximate surface area is 206 Å². The summed E-state index contributed by atoms with van der Waals surface area (Å²) < 4.78 is 20.6. The van der Waals surface area contributed by atoms with E-state index in [1.807, 2.05) is 12.2 Å². The molecule has 0 aliphatic carbocycles. The van der Waals surface area contributed by atoms with Crippen LogP contribution >= 0.6 is 0 Å². The van der Waals surface area contributed by atoms with Crippen molar-refractivity contribution in [2.75, 3.05) is 25.3 Å². The molecule has 190 valence electrons. The van der Waals surface area contributed by atoms with Crippen molar-refractivity contribution >= 4 is 17.7 Å². The summed E-state index contributed by atoms with van der Waals surface area (Å²) in [7, 11) is 1.45. The lowest BCUT2D eigenvalue weighted by molar-refractivity contribution is -0.120. The molecule has 1 aromatic heterocycles. The first-order chi connectivity index (χ1) is 17.3. The van der Waals surface area contributed by atoms with Crippen LogP contribution in [0, 0.1) is 5.82 Å². The number of benzene rings is 1. The average molecular weight is 499 g/mol. The van der Waals surface area contributed by atoms with Crippen molar-refractivity contribution in [3.63, 3.8) is 0 Å². The molecule has 2 aromatic rings. The molecule has 36 heavy (non-hydrogen) atoms. The average Bonchev–Trinajstić information content (AvgIpc) is 2.85. The topological polar surface area (TPSA) is 121 Å². The number of carbonyl (C=O) groups excluding carboxylic acids is 3. The number of ether oxygens (including phenoxy) is 1. The molecule has 0 spiro atoms. The number of pyridine rings is 1. The van der Waals surface area contributed by atoms with E-state index in [-0.39, 0.29) is 37.0 Å². The van der Waals surface area contributed by atoms with Gasteiger partial charge in [-0.15, -0.1) is 0 Å². The highest BCUT2D eigenvalue weighted by atomic mass is 19.1. The molecule has 2 N–H and O–H groups in total. The molecule has 2 aliphatic rings. The van der Waals surface area contributed by atoms with Gasteiger partial charge in [0, 0.05) is 37.8 Å². The maximum absolute atomic E-state index is 13.8. The van der Waals surface area contributed by atoms with Crippen molar-refractivity contribution in [2.45, 2.75) is 38.6 Å². The van der Waals surface area contributed by atoms with E-state index >= 15 is 0 Å². The molecule has 11 heteroatoms. The van der Waals surface area contributed by atoms with Crippen LogP contribution in [0.2, 0.25) is 0 Å². The Morgan fingerprint density at radius 1 is 1.08 bits per heavy atom. The minimum absolute atomic E-state index is 0.0868. The lowest BCUT2D eigenvalue weighted by atomic mass is 10.1. The third-order valence-corrected chi connectivity index (χ3v) is 6.04. The standard InChI is InChI=1S/C25H27FN4O6/c1-28-15-30-20(31)8-6-4-2-3-5-7-11-36-19-12-17(26)10-9-16(19)13-27-24(34)18-14-29(30)21(25(28)35)23(33)22(18)32/h3,5,9-10,12,14,33H,2,4,6-8,11,13,15H2,1H3,(H,27,34)/b5-3+. The Kier molecular flexibility index (Phi) is 7.37. The van der Waals surface area contributed by atoms with E-state index < -0.39 is 34.4 Å². The summed E-state index contributed by atoms with van der Waals surface area (Å²) in [6.07, 6.45) is 7.89. The number of aromatic nitrogens is 1. The first-order valence-corrected chi connectivity index (χ1v) is 11.7. The summed E-state index contributed by atoms with van der Waals surface area (Å²) in [6, 6.07) is 3.92. The summed E-state index contributed by atoms with van der Waals surface area (Å²) in [5, 5.41) is 14.4. The zero-order chi connectivity index (χ0) is 25.8. The van der Waals surface area contributed by atoms with Crippen molar-refractivity contribution < 1.29 is 28.6 Å². The van der Waals surface area contributed by atoms with Gasteiger partial charge in [0.25, 0.3) is 11.8 Å². The van der Waals surface area contributed by atoms with Crippen molar-refractivity contribution in [3.05, 3.63) is 69.4 Å². The van der Waals surface area contributed by atoms with Crippen LogP contribution in [0.15, 0.2) is 41.3 Å². The van der Waals surface area contributed by atoms with Gasteiger partial charge in [0.2, 0.25) is 11.3 Å². The van der Waals surface area contributed by atoms with Gasteiger partial charge < -0.3 is 20.1 Å². The summed E-state index contributed by atoms with van der Waals surface area (Å²) >= 11 is 0. The van der Waals surface area contributed by atoms with Crippen molar-refractivity contribution in [1.29, 1.82) is 0 Å². The zero-order valence-corrected chi connectivity index (χ0v) is 19.8. The summed E-state index contributed by atoms with van der Waals surface area (Å²) in [6.45, 7) is 0.108. The smallest absolute Gasteiger partial charge is 0.277 e. The first kappa shape index (κ1) is 25.0.